The number of alkyl halides is 1. The molecule has 0 aliphatic heterocycles. The van der Waals surface area contributed by atoms with Crippen LogP contribution in [0.15, 0.2) is 24.4 Å². The molecule has 1 heterocycles. The number of rotatable bonds is 3. The Kier molecular flexibility index (Phi) is 3.61. The highest BCUT2D eigenvalue weighted by atomic mass is 79.9. The molecule has 5 heteroatoms. The first-order chi connectivity index (χ1) is 7.70. The van der Waals surface area contributed by atoms with Gasteiger partial charge in [0.15, 0.2) is 0 Å². The first-order valence-corrected chi connectivity index (χ1v) is 6.44. The molecule has 0 saturated carbocycles. The lowest BCUT2D eigenvalue weighted by Crippen LogP contribution is -1.97. The van der Waals surface area contributed by atoms with Crippen molar-refractivity contribution in [2.75, 3.05) is 5.33 Å². The smallest absolute Gasteiger partial charge is 0.0840 e. The summed E-state index contributed by atoms with van der Waals surface area (Å²) in [4.78, 5) is 0. The summed E-state index contributed by atoms with van der Waals surface area (Å²) in [6, 6.07) is 5.72. The van der Waals surface area contributed by atoms with Gasteiger partial charge in [0.05, 0.1) is 17.6 Å². The van der Waals surface area contributed by atoms with E-state index in [0.29, 0.717) is 0 Å². The van der Waals surface area contributed by atoms with E-state index >= 15 is 0 Å². The molecule has 0 radical (unpaired) electrons. The summed E-state index contributed by atoms with van der Waals surface area (Å²) in [7, 11) is 0. The molecule has 0 bridgehead atoms. The second kappa shape index (κ2) is 4.97. The zero-order chi connectivity index (χ0) is 11.5. The van der Waals surface area contributed by atoms with Crippen molar-refractivity contribution in [3.63, 3.8) is 0 Å². The van der Waals surface area contributed by atoms with E-state index in [1.807, 2.05) is 31.3 Å². The average molecular weight is 301 g/mol. The van der Waals surface area contributed by atoms with Crippen LogP contribution < -0.4 is 0 Å². The summed E-state index contributed by atoms with van der Waals surface area (Å²) in [6.45, 7) is 2.01. The summed E-state index contributed by atoms with van der Waals surface area (Å²) in [5.41, 5.74) is 3.08. The maximum Gasteiger partial charge on any atom is 0.0840 e. The lowest BCUT2D eigenvalue weighted by atomic mass is 10.2. The fourth-order valence-electron chi connectivity index (χ4n) is 1.50. The number of aryl methyl sites for hydroxylation is 2. The molecule has 0 aliphatic carbocycles. The molecule has 0 amide bonds. The molecular formula is C11H11BrClN3. The van der Waals surface area contributed by atoms with Gasteiger partial charge in [-0.15, -0.1) is 5.10 Å². The molecule has 0 fully saturated rings. The van der Waals surface area contributed by atoms with E-state index in [9.17, 15) is 0 Å². The number of benzene rings is 1. The monoisotopic (exact) mass is 299 g/mol. The molecule has 2 rings (SSSR count). The van der Waals surface area contributed by atoms with Gasteiger partial charge in [-0.1, -0.05) is 32.7 Å². The molecule has 0 N–H and O–H groups in total. The SMILES string of the molecule is Cc1cc(Cl)ccc1-n1cc(CCBr)nn1. The molecule has 84 valence electrons. The van der Waals surface area contributed by atoms with Crippen molar-refractivity contribution >= 4 is 27.5 Å². The quantitative estimate of drug-likeness (QED) is 0.815. The summed E-state index contributed by atoms with van der Waals surface area (Å²) in [5, 5.41) is 9.83. The second-order valence-corrected chi connectivity index (χ2v) is 4.75. The lowest BCUT2D eigenvalue weighted by Gasteiger charge is -2.04. The van der Waals surface area contributed by atoms with Gasteiger partial charge in [-0.3, -0.25) is 0 Å². The maximum absolute atomic E-state index is 5.91. The molecule has 0 unspecified atom stereocenters. The fourth-order valence-corrected chi connectivity index (χ4v) is 2.14. The molecule has 3 nitrogen and oxygen atoms in total. The van der Waals surface area contributed by atoms with Gasteiger partial charge in [0.25, 0.3) is 0 Å². The van der Waals surface area contributed by atoms with Crippen LogP contribution >= 0.6 is 27.5 Å². The van der Waals surface area contributed by atoms with Gasteiger partial charge >= 0.3 is 0 Å². The lowest BCUT2D eigenvalue weighted by molar-refractivity contribution is 0.794. The van der Waals surface area contributed by atoms with Crippen LogP contribution in [0.5, 0.6) is 0 Å². The number of hydrogen-bond donors (Lipinski definition) is 0. The third-order valence-electron chi connectivity index (χ3n) is 2.30. The Bertz CT molecular complexity index is 496. The van der Waals surface area contributed by atoms with Crippen molar-refractivity contribution in [2.45, 2.75) is 13.3 Å². The summed E-state index contributed by atoms with van der Waals surface area (Å²) in [6.07, 6.45) is 2.82. The standard InChI is InChI=1S/C11H11BrClN3/c1-8-6-9(13)2-3-11(8)16-7-10(4-5-12)14-15-16/h2-3,6-7H,4-5H2,1H3. The number of aromatic nitrogens is 3. The van der Waals surface area contributed by atoms with Crippen molar-refractivity contribution < 1.29 is 0 Å². The molecule has 16 heavy (non-hydrogen) atoms. The first kappa shape index (κ1) is 11.6. The van der Waals surface area contributed by atoms with E-state index in [-0.39, 0.29) is 0 Å². The Balaban J connectivity index is 2.35. The van der Waals surface area contributed by atoms with Gasteiger partial charge in [-0.05, 0) is 30.7 Å². The highest BCUT2D eigenvalue weighted by molar-refractivity contribution is 9.09. The maximum atomic E-state index is 5.91. The topological polar surface area (TPSA) is 30.7 Å². The molecule has 1 aromatic heterocycles. The van der Waals surface area contributed by atoms with Crippen molar-refractivity contribution in [3.05, 3.63) is 40.7 Å². The predicted molar refractivity (Wildman–Crippen MR) is 68.6 cm³/mol. The highest BCUT2D eigenvalue weighted by Gasteiger charge is 2.05. The van der Waals surface area contributed by atoms with Crippen LogP contribution in [0, 0.1) is 6.92 Å². The van der Waals surface area contributed by atoms with Crippen molar-refractivity contribution in [3.8, 4) is 5.69 Å². The average Bonchev–Trinajstić information content (AvgIpc) is 2.67. The van der Waals surface area contributed by atoms with Crippen molar-refractivity contribution in [1.82, 2.24) is 15.0 Å². The minimum absolute atomic E-state index is 0.738. The van der Waals surface area contributed by atoms with E-state index in [2.05, 4.69) is 26.2 Å². The zero-order valence-corrected chi connectivity index (χ0v) is 11.2. The van der Waals surface area contributed by atoms with Crippen LogP contribution in [0.3, 0.4) is 0 Å². The number of nitrogens with zero attached hydrogens (tertiary/aromatic N) is 3. The van der Waals surface area contributed by atoms with E-state index in [1.54, 1.807) is 4.68 Å². The van der Waals surface area contributed by atoms with Gasteiger partial charge in [0, 0.05) is 16.8 Å². The third-order valence-corrected chi connectivity index (χ3v) is 2.93. The molecule has 0 saturated heterocycles. The largest absolute Gasteiger partial charge is 0.220 e. The molecule has 0 aliphatic rings. The van der Waals surface area contributed by atoms with Crippen molar-refractivity contribution in [1.29, 1.82) is 0 Å². The Labute approximate surface area is 108 Å². The summed E-state index contributed by atoms with van der Waals surface area (Å²) >= 11 is 9.29. The summed E-state index contributed by atoms with van der Waals surface area (Å²) in [5.74, 6) is 0. The molecule has 0 atom stereocenters. The zero-order valence-electron chi connectivity index (χ0n) is 8.82. The van der Waals surface area contributed by atoms with Crippen LogP contribution in [0.1, 0.15) is 11.3 Å². The number of halogens is 2. The van der Waals surface area contributed by atoms with E-state index in [1.165, 1.54) is 0 Å². The first-order valence-electron chi connectivity index (χ1n) is 4.94. The predicted octanol–water partition coefficient (Wildman–Crippen LogP) is 3.17. The Morgan fingerprint density at radius 1 is 1.44 bits per heavy atom. The minimum Gasteiger partial charge on any atom is -0.220 e. The van der Waals surface area contributed by atoms with Gasteiger partial charge in [-0.25, -0.2) is 4.68 Å². The third kappa shape index (κ3) is 2.44. The second-order valence-electron chi connectivity index (χ2n) is 3.52. The van der Waals surface area contributed by atoms with Gasteiger partial charge in [0.2, 0.25) is 0 Å². The summed E-state index contributed by atoms with van der Waals surface area (Å²) < 4.78 is 1.78. The highest BCUT2D eigenvalue weighted by Crippen LogP contribution is 2.18. The normalized spacial score (nSPS) is 10.7. The Morgan fingerprint density at radius 2 is 2.25 bits per heavy atom. The Hall–Kier alpha value is -0.870. The molecular weight excluding hydrogens is 289 g/mol. The molecule has 2 aromatic rings. The van der Waals surface area contributed by atoms with Crippen LogP contribution in [-0.4, -0.2) is 20.3 Å². The van der Waals surface area contributed by atoms with Gasteiger partial charge in [0.1, 0.15) is 0 Å². The van der Waals surface area contributed by atoms with E-state index in [4.69, 9.17) is 11.6 Å². The van der Waals surface area contributed by atoms with E-state index < -0.39 is 0 Å². The van der Waals surface area contributed by atoms with Crippen LogP contribution in [0.2, 0.25) is 5.02 Å². The van der Waals surface area contributed by atoms with Crippen LogP contribution in [0.4, 0.5) is 0 Å². The van der Waals surface area contributed by atoms with Gasteiger partial charge < -0.3 is 0 Å². The fraction of sp³-hybridized carbons (Fsp3) is 0.273. The molecule has 0 spiro atoms. The Morgan fingerprint density at radius 3 is 2.94 bits per heavy atom. The minimum atomic E-state index is 0.738. The van der Waals surface area contributed by atoms with E-state index in [0.717, 1.165) is 33.7 Å². The van der Waals surface area contributed by atoms with Crippen LogP contribution in [-0.2, 0) is 6.42 Å². The number of hydrogen-bond acceptors (Lipinski definition) is 2. The molecule has 1 aromatic carbocycles. The van der Waals surface area contributed by atoms with Crippen LogP contribution in [0.25, 0.3) is 5.69 Å². The van der Waals surface area contributed by atoms with Gasteiger partial charge in [-0.2, -0.15) is 0 Å². The van der Waals surface area contributed by atoms with Crippen molar-refractivity contribution in [2.24, 2.45) is 0 Å².